The number of hydrogen-bond donors (Lipinski definition) is 2. The van der Waals surface area contributed by atoms with Gasteiger partial charge in [-0.2, -0.15) is 11.8 Å². The van der Waals surface area contributed by atoms with Crippen molar-refractivity contribution in [2.45, 2.75) is 24.8 Å². The topological polar surface area (TPSA) is 97.0 Å². The molecule has 8 nitrogen and oxygen atoms in total. The van der Waals surface area contributed by atoms with Gasteiger partial charge in [0.25, 0.3) is 0 Å². The Labute approximate surface area is 200 Å². The minimum absolute atomic E-state index is 0.0131. The van der Waals surface area contributed by atoms with Gasteiger partial charge in [-0.15, -0.1) is 0 Å². The molecule has 0 saturated carbocycles. The van der Waals surface area contributed by atoms with Crippen molar-refractivity contribution < 1.29 is 22.7 Å². The third-order valence-electron chi connectivity index (χ3n) is 5.38. The van der Waals surface area contributed by atoms with Crippen LogP contribution in [0.25, 0.3) is 0 Å². The molecule has 1 fully saturated rings. The molecule has 1 amide bonds. The highest BCUT2D eigenvalue weighted by Crippen LogP contribution is 2.29. The van der Waals surface area contributed by atoms with Crippen molar-refractivity contribution >= 4 is 33.4 Å². The quantitative estimate of drug-likeness (QED) is 0.525. The predicted molar refractivity (Wildman–Crippen MR) is 132 cm³/mol. The maximum atomic E-state index is 12.6. The summed E-state index contributed by atoms with van der Waals surface area (Å²) in [7, 11) is -0.870. The van der Waals surface area contributed by atoms with E-state index in [4.69, 9.17) is 9.47 Å². The fraction of sp³-hybridized carbons (Fsp3) is 0.435. The Morgan fingerprint density at radius 3 is 2.45 bits per heavy atom. The number of ether oxygens (including phenoxy) is 2. The highest BCUT2D eigenvalue weighted by Gasteiger charge is 2.17. The minimum atomic E-state index is -3.79. The summed E-state index contributed by atoms with van der Waals surface area (Å²) in [6.45, 7) is 5.05. The number of methoxy groups -OCH3 is 2. The molecule has 180 valence electrons. The molecule has 2 aromatic rings. The zero-order chi connectivity index (χ0) is 23.8. The Balaban J connectivity index is 1.51. The van der Waals surface area contributed by atoms with Crippen molar-refractivity contribution in [1.29, 1.82) is 0 Å². The normalized spacial score (nSPS) is 14.6. The molecule has 1 aliphatic heterocycles. The molecule has 2 aromatic carbocycles. The monoisotopic (exact) mass is 493 g/mol. The number of aryl methyl sites for hydroxylation is 1. The van der Waals surface area contributed by atoms with E-state index < -0.39 is 10.0 Å². The summed E-state index contributed by atoms with van der Waals surface area (Å²) < 4.78 is 37.8. The first-order valence-corrected chi connectivity index (χ1v) is 13.4. The molecule has 2 N–H and O–H groups in total. The largest absolute Gasteiger partial charge is 0.493 e. The van der Waals surface area contributed by atoms with Crippen molar-refractivity contribution in [2.75, 3.05) is 50.7 Å². The number of anilines is 1. The Morgan fingerprint density at radius 1 is 1.06 bits per heavy atom. The highest BCUT2D eigenvalue weighted by molar-refractivity contribution is 7.99. The van der Waals surface area contributed by atoms with Crippen LogP contribution in [-0.4, -0.2) is 64.6 Å². The van der Waals surface area contributed by atoms with E-state index in [0.29, 0.717) is 11.5 Å². The molecule has 0 bridgehead atoms. The van der Waals surface area contributed by atoms with Crippen LogP contribution < -0.4 is 19.5 Å². The molecule has 0 unspecified atom stereocenters. The van der Waals surface area contributed by atoms with Crippen LogP contribution in [0.5, 0.6) is 11.5 Å². The maximum absolute atomic E-state index is 12.6. The summed E-state index contributed by atoms with van der Waals surface area (Å²) in [4.78, 5) is 14.9. The van der Waals surface area contributed by atoms with Crippen LogP contribution in [0.1, 0.15) is 17.5 Å². The molecular weight excluding hydrogens is 462 g/mol. The van der Waals surface area contributed by atoms with Crippen LogP contribution in [0, 0.1) is 6.92 Å². The van der Waals surface area contributed by atoms with Gasteiger partial charge < -0.3 is 14.8 Å². The summed E-state index contributed by atoms with van der Waals surface area (Å²) >= 11 is 1.99. The maximum Gasteiger partial charge on any atom is 0.240 e. The number of carbonyl (C=O) groups is 1. The third-order valence-corrected chi connectivity index (χ3v) is 7.79. The van der Waals surface area contributed by atoms with Crippen LogP contribution >= 0.6 is 11.8 Å². The first kappa shape index (κ1) is 25.4. The molecule has 1 aliphatic rings. The molecule has 0 atom stereocenters. The number of rotatable bonds is 10. The SMILES string of the molecule is COc1ccc(S(=O)(=O)NCCC(=O)Nc2ccc(CN3CCSCC3)cc2C)cc1OC. The predicted octanol–water partition coefficient (Wildman–Crippen LogP) is 2.87. The fourth-order valence-electron chi connectivity index (χ4n) is 3.56. The van der Waals surface area contributed by atoms with E-state index in [0.717, 1.165) is 30.9 Å². The second-order valence-corrected chi connectivity index (χ2v) is 10.7. The van der Waals surface area contributed by atoms with Gasteiger partial charge in [-0.05, 0) is 36.2 Å². The molecule has 0 aliphatic carbocycles. The average Bonchev–Trinajstić information content (AvgIpc) is 2.81. The van der Waals surface area contributed by atoms with Crippen molar-refractivity contribution in [1.82, 2.24) is 9.62 Å². The van der Waals surface area contributed by atoms with Crippen molar-refractivity contribution in [3.05, 3.63) is 47.5 Å². The van der Waals surface area contributed by atoms with Gasteiger partial charge in [0.05, 0.1) is 19.1 Å². The highest BCUT2D eigenvalue weighted by atomic mass is 32.2. The minimum Gasteiger partial charge on any atom is -0.493 e. The van der Waals surface area contributed by atoms with Crippen molar-refractivity contribution in [3.63, 3.8) is 0 Å². The first-order valence-electron chi connectivity index (χ1n) is 10.7. The van der Waals surface area contributed by atoms with E-state index in [9.17, 15) is 13.2 Å². The molecule has 1 saturated heterocycles. The van der Waals surface area contributed by atoms with E-state index in [1.165, 1.54) is 49.5 Å². The van der Waals surface area contributed by atoms with Crippen LogP contribution in [0.4, 0.5) is 5.69 Å². The number of thioether (sulfide) groups is 1. The average molecular weight is 494 g/mol. The summed E-state index contributed by atoms with van der Waals surface area (Å²) in [5.41, 5.74) is 2.94. The zero-order valence-electron chi connectivity index (χ0n) is 19.2. The van der Waals surface area contributed by atoms with E-state index in [2.05, 4.69) is 21.0 Å². The number of nitrogens with zero attached hydrogens (tertiary/aromatic N) is 1. The molecule has 33 heavy (non-hydrogen) atoms. The lowest BCUT2D eigenvalue weighted by Crippen LogP contribution is -2.32. The standard InChI is InChI=1S/C23H31N3O5S2/c1-17-14-18(16-26-10-12-32-13-11-26)4-6-20(17)25-23(27)8-9-24-33(28,29)19-5-7-21(30-2)22(15-19)31-3/h4-7,14-15,24H,8-13,16H2,1-3H3,(H,25,27). The van der Waals surface area contributed by atoms with Crippen molar-refractivity contribution in [2.24, 2.45) is 0 Å². The first-order chi connectivity index (χ1) is 15.8. The van der Waals surface area contributed by atoms with Crippen molar-refractivity contribution in [3.8, 4) is 11.5 Å². The fourth-order valence-corrected chi connectivity index (χ4v) is 5.59. The lowest BCUT2D eigenvalue weighted by molar-refractivity contribution is -0.116. The zero-order valence-corrected chi connectivity index (χ0v) is 20.9. The Morgan fingerprint density at radius 2 is 1.79 bits per heavy atom. The van der Waals surface area contributed by atoms with Gasteiger partial charge >= 0.3 is 0 Å². The summed E-state index contributed by atoms with van der Waals surface area (Å²) in [5, 5.41) is 2.87. The molecule has 3 rings (SSSR count). The van der Waals surface area contributed by atoms with Gasteiger partial charge in [0.2, 0.25) is 15.9 Å². The summed E-state index contributed by atoms with van der Waals surface area (Å²) in [6, 6.07) is 10.4. The Kier molecular flexibility index (Phi) is 9.02. The number of sulfonamides is 1. The van der Waals surface area contributed by atoms with Crippen LogP contribution in [0.3, 0.4) is 0 Å². The van der Waals surface area contributed by atoms with Gasteiger partial charge in [0.15, 0.2) is 11.5 Å². The van der Waals surface area contributed by atoms with Crippen LogP contribution in [0.15, 0.2) is 41.3 Å². The number of carbonyl (C=O) groups excluding carboxylic acids is 1. The molecular formula is C23H31N3O5S2. The second-order valence-electron chi connectivity index (χ2n) is 7.75. The van der Waals surface area contributed by atoms with Crippen LogP contribution in [0.2, 0.25) is 0 Å². The van der Waals surface area contributed by atoms with E-state index in [-0.39, 0.29) is 23.8 Å². The second kappa shape index (κ2) is 11.7. The number of nitrogens with one attached hydrogen (secondary N) is 2. The van der Waals surface area contributed by atoms with E-state index >= 15 is 0 Å². The lowest BCUT2D eigenvalue weighted by Gasteiger charge is -2.26. The number of benzene rings is 2. The van der Waals surface area contributed by atoms with E-state index in [1.807, 2.05) is 30.8 Å². The number of hydrogen-bond acceptors (Lipinski definition) is 7. The van der Waals surface area contributed by atoms with Crippen LogP contribution in [-0.2, 0) is 21.4 Å². The molecule has 0 aromatic heterocycles. The van der Waals surface area contributed by atoms with Gasteiger partial charge in [-0.1, -0.05) is 12.1 Å². The summed E-state index contributed by atoms with van der Waals surface area (Å²) in [6.07, 6.45) is 0.0131. The summed E-state index contributed by atoms with van der Waals surface area (Å²) in [5.74, 6) is 2.84. The van der Waals surface area contributed by atoms with Gasteiger partial charge in [-0.3, -0.25) is 9.69 Å². The molecule has 1 heterocycles. The van der Waals surface area contributed by atoms with E-state index in [1.54, 1.807) is 0 Å². The van der Waals surface area contributed by atoms with Gasteiger partial charge in [-0.25, -0.2) is 13.1 Å². The van der Waals surface area contributed by atoms with Gasteiger partial charge in [0.1, 0.15) is 0 Å². The molecule has 0 spiro atoms. The van der Waals surface area contributed by atoms with Gasteiger partial charge in [0, 0.05) is 55.9 Å². The molecule has 10 heteroatoms. The third kappa shape index (κ3) is 7.10. The Hall–Kier alpha value is -2.27. The smallest absolute Gasteiger partial charge is 0.240 e. The lowest BCUT2D eigenvalue weighted by atomic mass is 10.1. The number of amides is 1. The Bertz CT molecular complexity index is 1070. The molecule has 0 radical (unpaired) electrons.